The van der Waals surface area contributed by atoms with Crippen LogP contribution in [0.5, 0.6) is 5.75 Å². The first-order chi connectivity index (χ1) is 18.3. The number of hydrogen-bond acceptors (Lipinski definition) is 4. The molecule has 1 aliphatic rings. The van der Waals surface area contributed by atoms with E-state index in [4.69, 9.17) is 4.98 Å². The summed E-state index contributed by atoms with van der Waals surface area (Å²) in [5, 5.41) is 0. The molecule has 1 fully saturated rings. The molecule has 2 aromatic carbocycles. The first-order valence-corrected chi connectivity index (χ1v) is 15.9. The number of halogens is 3. The Kier molecular flexibility index (Phi) is 8.38. The van der Waals surface area contributed by atoms with E-state index in [1.165, 1.54) is 12.1 Å². The first-order valence-electron chi connectivity index (χ1n) is 13.7. The van der Waals surface area contributed by atoms with Gasteiger partial charge >= 0.3 is 6.36 Å². The fraction of sp³-hybridized carbons (Fsp3) is 0.500. The van der Waals surface area contributed by atoms with Crippen LogP contribution in [-0.4, -0.2) is 62.1 Å². The lowest BCUT2D eigenvalue weighted by Crippen LogP contribution is -2.44. The van der Waals surface area contributed by atoms with E-state index < -0.39 is 14.4 Å². The minimum absolute atomic E-state index is 0.258. The quantitative estimate of drug-likeness (QED) is 0.237. The second kappa shape index (κ2) is 11.3. The third-order valence-corrected chi connectivity index (χ3v) is 14.4. The van der Waals surface area contributed by atoms with Gasteiger partial charge in [0.15, 0.2) is 5.82 Å². The maximum absolute atomic E-state index is 12.7. The standard InChI is InChI=1S/C30H39F3N4OSi/c1-21(2)39(22(3)4,23(5)6)19-14-29-34-27-20-25(36-17-15-35(7)16-18-36)10-13-28(27)37(29)24-8-11-26(12-9-24)38-30(31,32)33/h8-13,20-23H,15-18H2,1-7H3. The van der Waals surface area contributed by atoms with Crippen molar-refractivity contribution in [3.8, 4) is 22.9 Å². The molecule has 1 aromatic heterocycles. The molecule has 1 aliphatic heterocycles. The van der Waals surface area contributed by atoms with Gasteiger partial charge < -0.3 is 14.5 Å². The number of benzene rings is 2. The van der Waals surface area contributed by atoms with Crippen LogP contribution in [0.4, 0.5) is 18.9 Å². The van der Waals surface area contributed by atoms with Crippen LogP contribution < -0.4 is 9.64 Å². The Hall–Kier alpha value is -2.96. The second-order valence-electron chi connectivity index (χ2n) is 11.4. The summed E-state index contributed by atoms with van der Waals surface area (Å²) in [5.41, 5.74) is 8.64. The molecule has 0 N–H and O–H groups in total. The van der Waals surface area contributed by atoms with E-state index in [1.807, 2.05) is 10.6 Å². The zero-order valence-corrected chi connectivity index (χ0v) is 24.9. The average molecular weight is 557 g/mol. The highest BCUT2D eigenvalue weighted by molar-refractivity contribution is 6.90. The number of nitrogens with zero attached hydrogens (tertiary/aromatic N) is 4. The Labute approximate surface area is 231 Å². The number of hydrogen-bond donors (Lipinski definition) is 0. The van der Waals surface area contributed by atoms with Crippen molar-refractivity contribution < 1.29 is 17.9 Å². The molecule has 0 unspecified atom stereocenters. The van der Waals surface area contributed by atoms with Gasteiger partial charge in [0.05, 0.1) is 11.0 Å². The molecule has 0 radical (unpaired) electrons. The summed E-state index contributed by atoms with van der Waals surface area (Å²) in [6.07, 6.45) is -4.74. The second-order valence-corrected chi connectivity index (χ2v) is 17.0. The van der Waals surface area contributed by atoms with Gasteiger partial charge in [-0.1, -0.05) is 41.5 Å². The Balaban J connectivity index is 1.84. The van der Waals surface area contributed by atoms with Gasteiger partial charge in [-0.2, -0.15) is 0 Å². The van der Waals surface area contributed by atoms with Gasteiger partial charge in [0.1, 0.15) is 13.8 Å². The van der Waals surface area contributed by atoms with Crippen molar-refractivity contribution in [3.63, 3.8) is 0 Å². The molecule has 0 bridgehead atoms. The molecule has 39 heavy (non-hydrogen) atoms. The monoisotopic (exact) mass is 556 g/mol. The van der Waals surface area contributed by atoms with Gasteiger partial charge in [-0.25, -0.2) is 4.98 Å². The molecular formula is C30H39F3N4OSi. The molecule has 3 aromatic rings. The lowest BCUT2D eigenvalue weighted by Gasteiger charge is -2.38. The average Bonchev–Trinajstić information content (AvgIpc) is 3.21. The summed E-state index contributed by atoms with van der Waals surface area (Å²) in [5.74, 6) is 3.82. The molecule has 1 saturated heterocycles. The van der Waals surface area contributed by atoms with Crippen LogP contribution >= 0.6 is 0 Å². The minimum atomic E-state index is -4.74. The molecule has 2 heterocycles. The molecule has 4 rings (SSSR count). The minimum Gasteiger partial charge on any atom is -0.406 e. The normalized spacial score (nSPS) is 15.4. The lowest BCUT2D eigenvalue weighted by molar-refractivity contribution is -0.274. The van der Waals surface area contributed by atoms with Crippen molar-refractivity contribution in [2.45, 2.75) is 64.5 Å². The van der Waals surface area contributed by atoms with Crippen LogP contribution in [0.1, 0.15) is 47.4 Å². The molecule has 9 heteroatoms. The lowest BCUT2D eigenvalue weighted by atomic mass is 10.2. The number of rotatable bonds is 6. The smallest absolute Gasteiger partial charge is 0.406 e. The van der Waals surface area contributed by atoms with E-state index in [0.29, 0.717) is 28.1 Å². The summed E-state index contributed by atoms with van der Waals surface area (Å²) >= 11 is 0. The maximum atomic E-state index is 12.7. The number of fused-ring (bicyclic) bond motifs is 1. The predicted octanol–water partition coefficient (Wildman–Crippen LogP) is 7.25. The summed E-state index contributed by atoms with van der Waals surface area (Å²) in [4.78, 5) is 9.67. The summed E-state index contributed by atoms with van der Waals surface area (Å²) in [6, 6.07) is 12.2. The Morgan fingerprint density at radius 2 is 1.41 bits per heavy atom. The number of piperazine rings is 1. The van der Waals surface area contributed by atoms with Crippen molar-refractivity contribution in [3.05, 3.63) is 48.3 Å². The highest BCUT2D eigenvalue weighted by Gasteiger charge is 2.41. The van der Waals surface area contributed by atoms with E-state index in [1.54, 1.807) is 12.1 Å². The predicted molar refractivity (Wildman–Crippen MR) is 155 cm³/mol. The topological polar surface area (TPSA) is 33.5 Å². The van der Waals surface area contributed by atoms with Gasteiger partial charge in [-0.3, -0.25) is 4.57 Å². The van der Waals surface area contributed by atoms with Crippen molar-refractivity contribution in [1.82, 2.24) is 14.5 Å². The fourth-order valence-electron chi connectivity index (χ4n) is 6.07. The number of ether oxygens (including phenoxy) is 1. The van der Waals surface area contributed by atoms with Crippen molar-refractivity contribution in [2.75, 3.05) is 38.1 Å². The number of anilines is 1. The van der Waals surface area contributed by atoms with Gasteiger partial charge in [-0.05, 0) is 72.1 Å². The summed E-state index contributed by atoms with van der Waals surface area (Å²) < 4.78 is 44.3. The van der Waals surface area contributed by atoms with Gasteiger partial charge in [0.2, 0.25) is 0 Å². The van der Waals surface area contributed by atoms with Crippen LogP contribution in [0.15, 0.2) is 42.5 Å². The number of alkyl halides is 3. The third-order valence-electron chi connectivity index (χ3n) is 8.09. The Bertz CT molecular complexity index is 1320. The van der Waals surface area contributed by atoms with Gasteiger partial charge in [0, 0.05) is 37.6 Å². The summed E-state index contributed by atoms with van der Waals surface area (Å²) in [7, 11) is 0.0965. The number of imidazole rings is 1. The zero-order chi connectivity index (χ0) is 28.5. The Morgan fingerprint density at radius 1 is 0.846 bits per heavy atom. The molecule has 0 amide bonds. The van der Waals surface area contributed by atoms with E-state index in [0.717, 1.165) is 42.9 Å². The van der Waals surface area contributed by atoms with E-state index in [-0.39, 0.29) is 5.75 Å². The fourth-order valence-corrected chi connectivity index (χ4v) is 11.3. The van der Waals surface area contributed by atoms with E-state index in [2.05, 4.69) is 86.7 Å². The van der Waals surface area contributed by atoms with E-state index >= 15 is 0 Å². The van der Waals surface area contributed by atoms with Crippen LogP contribution in [0.3, 0.4) is 0 Å². The van der Waals surface area contributed by atoms with Gasteiger partial charge in [0.25, 0.3) is 0 Å². The summed E-state index contributed by atoms with van der Waals surface area (Å²) in [6.45, 7) is 17.5. The Morgan fingerprint density at radius 3 is 1.95 bits per heavy atom. The highest BCUT2D eigenvalue weighted by Crippen LogP contribution is 2.41. The molecule has 0 aliphatic carbocycles. The maximum Gasteiger partial charge on any atom is 0.573 e. The molecule has 0 saturated carbocycles. The molecular weight excluding hydrogens is 517 g/mol. The van der Waals surface area contributed by atoms with Crippen LogP contribution in [-0.2, 0) is 0 Å². The third kappa shape index (κ3) is 6.12. The van der Waals surface area contributed by atoms with Crippen LogP contribution in [0.25, 0.3) is 16.7 Å². The molecule has 210 valence electrons. The van der Waals surface area contributed by atoms with Gasteiger partial charge in [-0.15, -0.1) is 18.7 Å². The molecule has 5 nitrogen and oxygen atoms in total. The van der Waals surface area contributed by atoms with Crippen molar-refractivity contribution in [1.29, 1.82) is 0 Å². The number of aromatic nitrogens is 2. The van der Waals surface area contributed by atoms with Crippen molar-refractivity contribution >= 4 is 24.8 Å². The van der Waals surface area contributed by atoms with Crippen LogP contribution in [0.2, 0.25) is 16.6 Å². The largest absolute Gasteiger partial charge is 0.573 e. The highest BCUT2D eigenvalue weighted by atomic mass is 28.3. The zero-order valence-electron chi connectivity index (χ0n) is 23.9. The van der Waals surface area contributed by atoms with E-state index in [9.17, 15) is 13.2 Å². The molecule has 0 spiro atoms. The van der Waals surface area contributed by atoms with Crippen molar-refractivity contribution in [2.24, 2.45) is 0 Å². The number of likely N-dealkylation sites (N-methyl/N-ethyl adjacent to an activating group) is 1. The first kappa shape index (κ1) is 29.0. The molecule has 0 atom stereocenters. The SMILES string of the molecule is CC(C)[Si](C#Cc1nc2cc(N3CCN(C)CC3)ccc2n1-c1ccc(OC(F)(F)F)cc1)(C(C)C)C(C)C. The van der Waals surface area contributed by atoms with Crippen LogP contribution in [0, 0.1) is 11.5 Å².